The Morgan fingerprint density at radius 2 is 1.57 bits per heavy atom. The van der Waals surface area contributed by atoms with E-state index in [-0.39, 0.29) is 0 Å². The molecule has 2 aromatic heterocycles. The molecule has 9 heteroatoms. The predicted molar refractivity (Wildman–Crippen MR) is 164 cm³/mol. The second-order valence-electron chi connectivity index (χ2n) is 12.6. The average molecular weight is 555 g/mol. The molecule has 1 saturated heterocycles. The summed E-state index contributed by atoms with van der Waals surface area (Å²) in [5, 5.41) is 7.47. The van der Waals surface area contributed by atoms with Gasteiger partial charge in [-0.1, -0.05) is 39.0 Å². The predicted octanol–water partition coefficient (Wildman–Crippen LogP) is 5.88. The Kier molecular flexibility index (Phi) is 11.3. The van der Waals surface area contributed by atoms with Gasteiger partial charge < -0.3 is 30.6 Å². The van der Waals surface area contributed by atoms with Crippen LogP contribution in [0.25, 0.3) is 11.2 Å². The minimum Gasteiger partial charge on any atom is -0.381 e. The number of piperidine rings is 1. The molecule has 40 heavy (non-hydrogen) atoms. The number of hydrogen-bond donors (Lipinski definition) is 3. The molecule has 2 aliphatic carbocycles. The van der Waals surface area contributed by atoms with E-state index in [0.29, 0.717) is 24.2 Å². The van der Waals surface area contributed by atoms with Crippen LogP contribution in [0.5, 0.6) is 0 Å². The van der Waals surface area contributed by atoms with Crippen LogP contribution in [0, 0.1) is 0 Å². The first kappa shape index (κ1) is 29.5. The van der Waals surface area contributed by atoms with Gasteiger partial charge in [0.05, 0.1) is 6.33 Å². The highest BCUT2D eigenvalue weighted by Gasteiger charge is 2.26. The molecule has 3 fully saturated rings. The maximum Gasteiger partial charge on any atom is 0.227 e. The van der Waals surface area contributed by atoms with Gasteiger partial charge in [-0.05, 0) is 77.2 Å². The summed E-state index contributed by atoms with van der Waals surface area (Å²) in [4.78, 5) is 17.5. The highest BCUT2D eigenvalue weighted by atomic mass is 16.5. The smallest absolute Gasteiger partial charge is 0.227 e. The van der Waals surface area contributed by atoms with Crippen molar-refractivity contribution in [1.82, 2.24) is 24.4 Å². The number of anilines is 2. The number of aromatic nitrogens is 4. The van der Waals surface area contributed by atoms with Crippen LogP contribution in [-0.4, -0.2) is 75.4 Å². The number of rotatable bonds is 15. The lowest BCUT2D eigenvalue weighted by atomic mass is 9.92. The Morgan fingerprint density at radius 3 is 2.35 bits per heavy atom. The minimum absolute atomic E-state index is 0.336. The lowest BCUT2D eigenvalue weighted by molar-refractivity contribution is 0.126. The maximum atomic E-state index is 6.17. The van der Waals surface area contributed by atoms with Crippen LogP contribution in [0.15, 0.2) is 6.33 Å². The third-order valence-electron chi connectivity index (χ3n) is 9.33. The highest BCUT2D eigenvalue weighted by molar-refractivity contribution is 5.84. The normalized spacial score (nSPS) is 23.2. The van der Waals surface area contributed by atoms with Crippen molar-refractivity contribution in [2.75, 3.05) is 43.5 Å². The number of imidazole rings is 1. The summed E-state index contributed by atoms with van der Waals surface area (Å²) in [7, 11) is 0. The summed E-state index contributed by atoms with van der Waals surface area (Å²) in [6, 6.07) is 1.66. The molecular formula is C31H54N8O. The Bertz CT molecular complexity index is 1010. The number of ether oxygens (including phenoxy) is 1. The summed E-state index contributed by atoms with van der Waals surface area (Å²) in [5.74, 6) is 1.64. The van der Waals surface area contributed by atoms with Gasteiger partial charge in [0, 0.05) is 50.5 Å². The van der Waals surface area contributed by atoms with Crippen molar-refractivity contribution in [3.05, 3.63) is 6.33 Å². The van der Waals surface area contributed by atoms with E-state index in [1.165, 1.54) is 70.8 Å². The zero-order chi connectivity index (χ0) is 27.6. The van der Waals surface area contributed by atoms with Crippen molar-refractivity contribution in [2.45, 2.75) is 134 Å². The zero-order valence-corrected chi connectivity index (χ0v) is 25.0. The molecular weight excluding hydrogens is 500 g/mol. The number of nitrogens with two attached hydrogens (primary N) is 1. The quantitative estimate of drug-likeness (QED) is 0.235. The van der Waals surface area contributed by atoms with Crippen LogP contribution >= 0.6 is 0 Å². The van der Waals surface area contributed by atoms with Crippen LogP contribution in [-0.2, 0) is 4.74 Å². The zero-order valence-electron chi connectivity index (χ0n) is 25.0. The first-order chi connectivity index (χ1) is 19.7. The van der Waals surface area contributed by atoms with Gasteiger partial charge in [-0.25, -0.2) is 4.98 Å². The third-order valence-corrected chi connectivity index (χ3v) is 9.33. The molecule has 224 valence electrons. The Balaban J connectivity index is 1.13. The average Bonchev–Trinajstić information content (AvgIpc) is 3.65. The van der Waals surface area contributed by atoms with Crippen molar-refractivity contribution in [3.8, 4) is 0 Å². The van der Waals surface area contributed by atoms with Crippen LogP contribution in [0.3, 0.4) is 0 Å². The number of nitrogens with one attached hydrogen (secondary N) is 2. The maximum absolute atomic E-state index is 6.17. The molecule has 4 N–H and O–H groups in total. The molecule has 0 atom stereocenters. The van der Waals surface area contributed by atoms with Crippen LogP contribution in [0.2, 0.25) is 0 Å². The summed E-state index contributed by atoms with van der Waals surface area (Å²) < 4.78 is 8.01. The van der Waals surface area contributed by atoms with Gasteiger partial charge in [0.15, 0.2) is 17.0 Å². The van der Waals surface area contributed by atoms with E-state index in [4.69, 9.17) is 25.4 Å². The largest absolute Gasteiger partial charge is 0.381 e. The summed E-state index contributed by atoms with van der Waals surface area (Å²) in [6.07, 6.45) is 21.1. The third kappa shape index (κ3) is 8.29. The fraction of sp³-hybridized carbons (Fsp3) is 0.839. The van der Waals surface area contributed by atoms with Crippen molar-refractivity contribution < 1.29 is 4.74 Å². The molecule has 0 amide bonds. The first-order valence-corrected chi connectivity index (χ1v) is 16.5. The van der Waals surface area contributed by atoms with Crippen LogP contribution in [0.1, 0.15) is 116 Å². The van der Waals surface area contributed by atoms with E-state index in [0.717, 1.165) is 87.8 Å². The summed E-state index contributed by atoms with van der Waals surface area (Å²) in [6.45, 7) is 7.58. The molecule has 3 aliphatic rings. The Labute approximate surface area is 241 Å². The standard InChI is InChI=1S/C31H54N8O/c1-2-3-21-40-22-9-5-4-8-18-38-19-16-26(17-20-38)35-31-36-29(34-25-14-12-24(32)13-15-25)28-30(37-31)39(23-33-28)27-10-6-7-11-27/h23-27H,2-22,32H2,1H3,(H2,34,35,36,37). The van der Waals surface area contributed by atoms with E-state index >= 15 is 0 Å². The first-order valence-electron chi connectivity index (χ1n) is 16.5. The molecule has 2 aromatic rings. The van der Waals surface area contributed by atoms with Gasteiger partial charge in [-0.15, -0.1) is 0 Å². The molecule has 9 nitrogen and oxygen atoms in total. The molecule has 5 rings (SSSR count). The van der Waals surface area contributed by atoms with Gasteiger partial charge >= 0.3 is 0 Å². The molecule has 0 spiro atoms. The number of fused-ring (bicyclic) bond motifs is 1. The van der Waals surface area contributed by atoms with E-state index in [9.17, 15) is 0 Å². The molecule has 3 heterocycles. The summed E-state index contributed by atoms with van der Waals surface area (Å²) in [5.41, 5.74) is 8.06. The molecule has 2 saturated carbocycles. The number of unbranched alkanes of at least 4 members (excludes halogenated alkanes) is 4. The van der Waals surface area contributed by atoms with Gasteiger partial charge in [0.2, 0.25) is 5.95 Å². The van der Waals surface area contributed by atoms with E-state index < -0.39 is 0 Å². The fourth-order valence-electron chi connectivity index (χ4n) is 6.71. The SMILES string of the molecule is CCCCOCCCCCCN1CCC(Nc2nc(NC3CCC(N)CC3)c3ncn(C4CCCC4)c3n2)CC1. The topological polar surface area (TPSA) is 106 Å². The number of likely N-dealkylation sites (tertiary alicyclic amines) is 1. The Morgan fingerprint density at radius 1 is 0.850 bits per heavy atom. The molecule has 0 radical (unpaired) electrons. The lowest BCUT2D eigenvalue weighted by Crippen LogP contribution is -2.39. The minimum atomic E-state index is 0.336. The fourth-order valence-corrected chi connectivity index (χ4v) is 6.71. The number of hydrogen-bond acceptors (Lipinski definition) is 8. The van der Waals surface area contributed by atoms with E-state index in [2.05, 4.69) is 27.0 Å². The van der Waals surface area contributed by atoms with Gasteiger partial charge in [-0.2, -0.15) is 9.97 Å². The Hall–Kier alpha value is -1.97. The molecule has 0 bridgehead atoms. The van der Waals surface area contributed by atoms with E-state index in [1.807, 2.05) is 6.33 Å². The lowest BCUT2D eigenvalue weighted by Gasteiger charge is -2.32. The van der Waals surface area contributed by atoms with Crippen LogP contribution in [0.4, 0.5) is 11.8 Å². The van der Waals surface area contributed by atoms with Crippen molar-refractivity contribution in [2.24, 2.45) is 5.73 Å². The second-order valence-corrected chi connectivity index (χ2v) is 12.6. The second kappa shape index (κ2) is 15.3. The van der Waals surface area contributed by atoms with Crippen LogP contribution < -0.4 is 16.4 Å². The van der Waals surface area contributed by atoms with Gasteiger partial charge in [0.1, 0.15) is 0 Å². The molecule has 0 aromatic carbocycles. The van der Waals surface area contributed by atoms with E-state index in [1.54, 1.807) is 0 Å². The van der Waals surface area contributed by atoms with Gasteiger partial charge in [-0.3, -0.25) is 0 Å². The highest BCUT2D eigenvalue weighted by Crippen LogP contribution is 2.34. The molecule has 1 aliphatic heterocycles. The van der Waals surface area contributed by atoms with Crippen molar-refractivity contribution in [3.63, 3.8) is 0 Å². The molecule has 0 unspecified atom stereocenters. The van der Waals surface area contributed by atoms with Gasteiger partial charge in [0.25, 0.3) is 0 Å². The monoisotopic (exact) mass is 554 g/mol. The van der Waals surface area contributed by atoms with Crippen molar-refractivity contribution in [1.29, 1.82) is 0 Å². The number of nitrogens with zero attached hydrogens (tertiary/aromatic N) is 5. The summed E-state index contributed by atoms with van der Waals surface area (Å²) >= 11 is 0. The van der Waals surface area contributed by atoms with Crippen molar-refractivity contribution >= 4 is 22.9 Å².